The highest BCUT2D eigenvalue weighted by Crippen LogP contribution is 2.40. The molecule has 1 fully saturated rings. The zero-order valence-corrected chi connectivity index (χ0v) is 12.4. The minimum atomic E-state index is -1.42. The van der Waals surface area contributed by atoms with Gasteiger partial charge in [0.25, 0.3) is 0 Å². The van der Waals surface area contributed by atoms with E-state index in [2.05, 4.69) is 10.4 Å². The Labute approximate surface area is 125 Å². The summed E-state index contributed by atoms with van der Waals surface area (Å²) in [6.07, 6.45) is -0.917. The number of carbonyl (C=O) groups is 1. The van der Waals surface area contributed by atoms with Crippen molar-refractivity contribution < 1.29 is 24.7 Å². The number of rotatable bonds is 3. The summed E-state index contributed by atoms with van der Waals surface area (Å²) >= 11 is 0. The number of aryl methyl sites for hydroxylation is 1. The second kappa shape index (κ2) is 5.54. The van der Waals surface area contributed by atoms with Crippen LogP contribution in [-0.4, -0.2) is 49.3 Å². The van der Waals surface area contributed by atoms with E-state index in [-0.39, 0.29) is 18.0 Å². The van der Waals surface area contributed by atoms with Gasteiger partial charge in [0.2, 0.25) is 0 Å². The second-order valence-electron chi connectivity index (χ2n) is 5.67. The molecule has 2 heterocycles. The SMILES string of the molecule is CC1C(c2c([N+](=O)[O-])cnn2C)OCC(C)(O)C1NC(=O)O. The number of amides is 1. The monoisotopic (exact) mass is 314 g/mol. The Kier molecular flexibility index (Phi) is 4.07. The van der Waals surface area contributed by atoms with E-state index < -0.39 is 34.7 Å². The summed E-state index contributed by atoms with van der Waals surface area (Å²) < 4.78 is 6.92. The van der Waals surface area contributed by atoms with Crippen molar-refractivity contribution >= 4 is 11.8 Å². The second-order valence-corrected chi connectivity index (χ2v) is 5.67. The predicted octanol–water partition coefficient (Wildman–Crippen LogP) is 0.423. The Balaban J connectivity index is 2.39. The number of ether oxygens (including phenoxy) is 1. The fourth-order valence-electron chi connectivity index (χ4n) is 2.90. The third-order valence-electron chi connectivity index (χ3n) is 3.94. The minimum absolute atomic E-state index is 0.157. The van der Waals surface area contributed by atoms with E-state index in [1.807, 2.05) is 0 Å². The number of nitrogens with zero attached hydrogens (tertiary/aromatic N) is 3. The molecule has 1 aromatic heterocycles. The summed E-state index contributed by atoms with van der Waals surface area (Å²) in [4.78, 5) is 21.5. The molecule has 0 saturated carbocycles. The van der Waals surface area contributed by atoms with Crippen LogP contribution in [0.5, 0.6) is 0 Å². The smallest absolute Gasteiger partial charge is 0.404 e. The lowest BCUT2D eigenvalue weighted by Crippen LogP contribution is -2.61. The highest BCUT2D eigenvalue weighted by Gasteiger charge is 2.48. The maximum absolute atomic E-state index is 11.1. The van der Waals surface area contributed by atoms with Crippen LogP contribution in [0.3, 0.4) is 0 Å². The van der Waals surface area contributed by atoms with E-state index in [0.29, 0.717) is 0 Å². The zero-order valence-electron chi connectivity index (χ0n) is 12.4. The largest absolute Gasteiger partial charge is 0.465 e. The van der Waals surface area contributed by atoms with Crippen LogP contribution in [0.1, 0.15) is 25.6 Å². The van der Waals surface area contributed by atoms with Crippen molar-refractivity contribution in [3.05, 3.63) is 22.0 Å². The van der Waals surface area contributed by atoms with E-state index in [0.717, 1.165) is 6.20 Å². The first-order valence-corrected chi connectivity index (χ1v) is 6.65. The van der Waals surface area contributed by atoms with Gasteiger partial charge in [0.1, 0.15) is 23.6 Å². The molecule has 4 atom stereocenters. The van der Waals surface area contributed by atoms with Crippen LogP contribution >= 0.6 is 0 Å². The number of carboxylic acid groups (broad SMARTS) is 1. The fraction of sp³-hybridized carbons (Fsp3) is 0.667. The summed E-state index contributed by atoms with van der Waals surface area (Å²) in [5.41, 5.74) is -1.37. The number of hydrogen-bond acceptors (Lipinski definition) is 6. The molecule has 4 unspecified atom stereocenters. The minimum Gasteiger partial charge on any atom is -0.465 e. The van der Waals surface area contributed by atoms with Crippen molar-refractivity contribution in [3.63, 3.8) is 0 Å². The molecular formula is C12H18N4O6. The van der Waals surface area contributed by atoms with E-state index in [1.54, 1.807) is 14.0 Å². The highest BCUT2D eigenvalue weighted by atomic mass is 16.6. The zero-order chi connectivity index (χ0) is 16.7. The number of nitrogens with one attached hydrogen (secondary N) is 1. The number of nitro groups is 1. The van der Waals surface area contributed by atoms with Crippen LogP contribution in [0.4, 0.5) is 10.5 Å². The Morgan fingerprint density at radius 1 is 1.68 bits per heavy atom. The molecule has 1 aliphatic heterocycles. The quantitative estimate of drug-likeness (QED) is 0.542. The number of aliphatic hydroxyl groups is 1. The first-order chi connectivity index (χ1) is 10.1. The normalized spacial score (nSPS) is 31.7. The third kappa shape index (κ3) is 2.74. The Bertz CT molecular complexity index is 598. The summed E-state index contributed by atoms with van der Waals surface area (Å²) in [6.45, 7) is 2.96. The lowest BCUT2D eigenvalue weighted by atomic mass is 9.80. The molecule has 0 bridgehead atoms. The van der Waals surface area contributed by atoms with Crippen LogP contribution in [0, 0.1) is 16.0 Å². The van der Waals surface area contributed by atoms with Gasteiger partial charge >= 0.3 is 11.8 Å². The standard InChI is InChI=1S/C12H18N4O6/c1-6-9(8-7(16(20)21)4-13-15(8)3)22-5-12(2,19)10(6)14-11(17)18/h4,6,9-10,14,19H,5H2,1-3H3,(H,17,18). The van der Waals surface area contributed by atoms with Crippen LogP contribution in [0.2, 0.25) is 0 Å². The van der Waals surface area contributed by atoms with Gasteiger partial charge in [-0.2, -0.15) is 5.10 Å². The van der Waals surface area contributed by atoms with Gasteiger partial charge in [-0.1, -0.05) is 6.92 Å². The van der Waals surface area contributed by atoms with Crippen molar-refractivity contribution in [2.45, 2.75) is 31.6 Å². The lowest BCUT2D eigenvalue weighted by molar-refractivity contribution is -0.386. The molecule has 122 valence electrons. The molecule has 10 nitrogen and oxygen atoms in total. The first-order valence-electron chi connectivity index (χ1n) is 6.65. The maximum atomic E-state index is 11.1. The first kappa shape index (κ1) is 16.2. The van der Waals surface area contributed by atoms with E-state index in [9.17, 15) is 20.0 Å². The van der Waals surface area contributed by atoms with Crippen molar-refractivity contribution in [2.24, 2.45) is 13.0 Å². The van der Waals surface area contributed by atoms with Crippen LogP contribution in [0.15, 0.2) is 6.20 Å². The van der Waals surface area contributed by atoms with E-state index in [4.69, 9.17) is 9.84 Å². The molecule has 2 rings (SSSR count). The average Bonchev–Trinajstić information content (AvgIpc) is 2.77. The number of aromatic nitrogens is 2. The van der Waals surface area contributed by atoms with Gasteiger partial charge in [0.15, 0.2) is 0 Å². The molecule has 0 aliphatic carbocycles. The summed E-state index contributed by atoms with van der Waals surface area (Å²) in [6, 6.07) is -0.835. The molecule has 0 aromatic carbocycles. The summed E-state index contributed by atoms with van der Waals surface area (Å²) in [5, 5.41) is 36.5. The van der Waals surface area contributed by atoms with Gasteiger partial charge in [0.05, 0.1) is 17.6 Å². The topological polar surface area (TPSA) is 140 Å². The molecule has 1 amide bonds. The molecule has 0 spiro atoms. The van der Waals surface area contributed by atoms with Gasteiger partial charge in [-0.25, -0.2) is 4.79 Å². The molecule has 10 heteroatoms. The van der Waals surface area contributed by atoms with Gasteiger partial charge in [-0.15, -0.1) is 0 Å². The summed E-state index contributed by atoms with van der Waals surface area (Å²) in [5.74, 6) is -0.533. The lowest BCUT2D eigenvalue weighted by Gasteiger charge is -2.44. The molecular weight excluding hydrogens is 296 g/mol. The van der Waals surface area contributed by atoms with Gasteiger partial charge in [-0.05, 0) is 6.92 Å². The molecule has 3 N–H and O–H groups in total. The molecule has 1 saturated heterocycles. The maximum Gasteiger partial charge on any atom is 0.404 e. The molecule has 1 aromatic rings. The van der Waals surface area contributed by atoms with Crippen LogP contribution in [0.25, 0.3) is 0 Å². The molecule has 1 aliphatic rings. The van der Waals surface area contributed by atoms with Crippen LogP contribution in [-0.2, 0) is 11.8 Å². The number of hydrogen-bond donors (Lipinski definition) is 3. The van der Waals surface area contributed by atoms with Crippen molar-refractivity contribution in [1.29, 1.82) is 0 Å². The van der Waals surface area contributed by atoms with E-state index >= 15 is 0 Å². The highest BCUT2D eigenvalue weighted by molar-refractivity contribution is 5.65. The Morgan fingerprint density at radius 3 is 2.86 bits per heavy atom. The van der Waals surface area contributed by atoms with Crippen molar-refractivity contribution in [1.82, 2.24) is 15.1 Å². The Hall–Kier alpha value is -2.20. The Morgan fingerprint density at radius 2 is 2.32 bits per heavy atom. The average molecular weight is 314 g/mol. The summed E-state index contributed by atoms with van der Waals surface area (Å²) in [7, 11) is 1.55. The predicted molar refractivity (Wildman–Crippen MR) is 73.3 cm³/mol. The third-order valence-corrected chi connectivity index (χ3v) is 3.94. The fourth-order valence-corrected chi connectivity index (χ4v) is 2.90. The van der Waals surface area contributed by atoms with E-state index in [1.165, 1.54) is 11.6 Å². The molecule has 22 heavy (non-hydrogen) atoms. The van der Waals surface area contributed by atoms with Crippen molar-refractivity contribution in [2.75, 3.05) is 6.61 Å². The van der Waals surface area contributed by atoms with Crippen molar-refractivity contribution in [3.8, 4) is 0 Å². The molecule has 0 radical (unpaired) electrons. The van der Waals surface area contributed by atoms with Gasteiger partial charge in [0, 0.05) is 13.0 Å². The van der Waals surface area contributed by atoms with Crippen LogP contribution < -0.4 is 5.32 Å². The van der Waals surface area contributed by atoms with Gasteiger partial charge in [-0.3, -0.25) is 14.8 Å². The van der Waals surface area contributed by atoms with Gasteiger partial charge < -0.3 is 20.3 Å².